The van der Waals surface area contributed by atoms with Crippen LogP contribution in [0, 0.1) is 0 Å². The number of nitrogens with one attached hydrogen (secondary N) is 2. The molecule has 0 saturated carbocycles. The van der Waals surface area contributed by atoms with E-state index in [1.165, 1.54) is 0 Å². The Kier molecular flexibility index (Phi) is 6.57. The van der Waals surface area contributed by atoms with E-state index in [0.717, 1.165) is 11.1 Å². The van der Waals surface area contributed by atoms with Gasteiger partial charge in [0.05, 0.1) is 0 Å². The molecule has 0 radical (unpaired) electrons. The van der Waals surface area contributed by atoms with E-state index in [1.54, 1.807) is 24.1 Å². The molecular weight excluding hydrogens is 314 g/mol. The first kappa shape index (κ1) is 18.5. The van der Waals surface area contributed by atoms with Crippen LogP contribution in [0.3, 0.4) is 0 Å². The number of carbonyl (C=O) groups excluding carboxylic acids is 2. The summed E-state index contributed by atoms with van der Waals surface area (Å²) in [4.78, 5) is 25.9. The van der Waals surface area contributed by atoms with Gasteiger partial charge in [-0.1, -0.05) is 42.5 Å². The van der Waals surface area contributed by atoms with Crippen LogP contribution in [-0.4, -0.2) is 29.9 Å². The Morgan fingerprint density at radius 2 is 1.68 bits per heavy atom. The molecule has 0 fully saturated rings. The SMILES string of the molecule is CC(C)NC(=O)c1cccc(CNC(=O)N(C)Cc2ccccc2)c1. The maximum absolute atomic E-state index is 12.2. The lowest BCUT2D eigenvalue weighted by molar-refractivity contribution is 0.0943. The summed E-state index contributed by atoms with van der Waals surface area (Å²) in [5, 5.41) is 5.74. The lowest BCUT2D eigenvalue weighted by Gasteiger charge is -2.18. The van der Waals surface area contributed by atoms with Crippen molar-refractivity contribution in [1.82, 2.24) is 15.5 Å². The zero-order valence-electron chi connectivity index (χ0n) is 15.0. The van der Waals surface area contributed by atoms with Crippen LogP contribution in [0.25, 0.3) is 0 Å². The number of hydrogen-bond donors (Lipinski definition) is 2. The molecule has 0 aliphatic rings. The maximum atomic E-state index is 12.2. The number of nitrogens with zero attached hydrogens (tertiary/aromatic N) is 1. The second kappa shape index (κ2) is 8.87. The van der Waals surface area contributed by atoms with Gasteiger partial charge in [0.25, 0.3) is 5.91 Å². The minimum atomic E-state index is -0.152. The van der Waals surface area contributed by atoms with E-state index in [0.29, 0.717) is 18.7 Å². The molecule has 0 atom stereocenters. The topological polar surface area (TPSA) is 61.4 Å². The van der Waals surface area contributed by atoms with Gasteiger partial charge in [0.2, 0.25) is 0 Å². The second-order valence-electron chi connectivity index (χ2n) is 6.33. The summed E-state index contributed by atoms with van der Waals surface area (Å²) < 4.78 is 0. The molecule has 3 amide bonds. The number of rotatable bonds is 6. The molecule has 5 heteroatoms. The van der Waals surface area contributed by atoms with E-state index in [1.807, 2.05) is 56.3 Å². The van der Waals surface area contributed by atoms with E-state index in [2.05, 4.69) is 10.6 Å². The molecule has 0 aromatic heterocycles. The lowest BCUT2D eigenvalue weighted by atomic mass is 10.1. The Labute approximate surface area is 149 Å². The Morgan fingerprint density at radius 1 is 1.00 bits per heavy atom. The van der Waals surface area contributed by atoms with Crippen molar-refractivity contribution in [3.8, 4) is 0 Å². The zero-order valence-corrected chi connectivity index (χ0v) is 15.0. The highest BCUT2D eigenvalue weighted by Crippen LogP contribution is 2.07. The quantitative estimate of drug-likeness (QED) is 0.849. The predicted molar refractivity (Wildman–Crippen MR) is 99.2 cm³/mol. The molecule has 25 heavy (non-hydrogen) atoms. The van der Waals surface area contributed by atoms with E-state index in [4.69, 9.17) is 0 Å². The largest absolute Gasteiger partial charge is 0.350 e. The fraction of sp³-hybridized carbons (Fsp3) is 0.300. The third-order valence-electron chi connectivity index (χ3n) is 3.66. The van der Waals surface area contributed by atoms with Gasteiger partial charge in [-0.2, -0.15) is 0 Å². The minimum Gasteiger partial charge on any atom is -0.350 e. The number of amides is 3. The number of hydrogen-bond acceptors (Lipinski definition) is 2. The van der Waals surface area contributed by atoms with Crippen molar-refractivity contribution in [1.29, 1.82) is 0 Å². The minimum absolute atomic E-state index is 0.0856. The fourth-order valence-corrected chi connectivity index (χ4v) is 2.41. The first-order valence-electron chi connectivity index (χ1n) is 8.38. The smallest absolute Gasteiger partial charge is 0.317 e. The summed E-state index contributed by atoms with van der Waals surface area (Å²) in [6.07, 6.45) is 0. The van der Waals surface area contributed by atoms with Crippen LogP contribution >= 0.6 is 0 Å². The molecule has 0 aliphatic heterocycles. The average Bonchev–Trinajstić information content (AvgIpc) is 2.60. The monoisotopic (exact) mass is 339 g/mol. The van der Waals surface area contributed by atoms with Crippen LogP contribution in [0.15, 0.2) is 54.6 Å². The van der Waals surface area contributed by atoms with Gasteiger partial charge < -0.3 is 15.5 Å². The standard InChI is InChI=1S/C20H25N3O2/c1-15(2)22-19(24)18-11-7-10-17(12-18)13-21-20(25)23(3)14-16-8-5-4-6-9-16/h4-12,15H,13-14H2,1-3H3,(H,21,25)(H,22,24). The average molecular weight is 339 g/mol. The van der Waals surface area contributed by atoms with Gasteiger partial charge in [0.15, 0.2) is 0 Å². The third-order valence-corrected chi connectivity index (χ3v) is 3.66. The van der Waals surface area contributed by atoms with E-state index in [9.17, 15) is 9.59 Å². The van der Waals surface area contributed by atoms with Gasteiger partial charge >= 0.3 is 6.03 Å². The van der Waals surface area contributed by atoms with Gasteiger partial charge in [-0.15, -0.1) is 0 Å². The second-order valence-corrected chi connectivity index (χ2v) is 6.33. The highest BCUT2D eigenvalue weighted by Gasteiger charge is 2.10. The van der Waals surface area contributed by atoms with Crippen LogP contribution in [0.5, 0.6) is 0 Å². The molecule has 2 rings (SSSR count). The van der Waals surface area contributed by atoms with Crippen molar-refractivity contribution >= 4 is 11.9 Å². The third kappa shape index (κ3) is 5.95. The van der Waals surface area contributed by atoms with Crippen molar-refractivity contribution in [3.63, 3.8) is 0 Å². The van der Waals surface area contributed by atoms with E-state index >= 15 is 0 Å². The van der Waals surface area contributed by atoms with Crippen LogP contribution in [0.2, 0.25) is 0 Å². The van der Waals surface area contributed by atoms with E-state index in [-0.39, 0.29) is 18.0 Å². The summed E-state index contributed by atoms with van der Waals surface area (Å²) in [7, 11) is 1.76. The fourth-order valence-electron chi connectivity index (χ4n) is 2.41. The van der Waals surface area contributed by atoms with Gasteiger partial charge in [-0.25, -0.2) is 4.79 Å². The molecule has 5 nitrogen and oxygen atoms in total. The highest BCUT2D eigenvalue weighted by molar-refractivity contribution is 5.94. The Bertz CT molecular complexity index is 714. The molecule has 0 bridgehead atoms. The Morgan fingerprint density at radius 3 is 2.36 bits per heavy atom. The predicted octanol–water partition coefficient (Wildman–Crippen LogP) is 3.17. The van der Waals surface area contributed by atoms with Crippen LogP contribution in [-0.2, 0) is 13.1 Å². The van der Waals surface area contributed by atoms with Crippen molar-refractivity contribution in [2.45, 2.75) is 33.0 Å². The van der Waals surface area contributed by atoms with Crippen LogP contribution in [0.1, 0.15) is 35.3 Å². The molecule has 2 aromatic carbocycles. The molecule has 0 spiro atoms. The summed E-state index contributed by atoms with van der Waals surface area (Å²) in [6, 6.07) is 17.0. The maximum Gasteiger partial charge on any atom is 0.317 e. The first-order chi connectivity index (χ1) is 12.0. The van der Waals surface area contributed by atoms with Gasteiger partial charge in [0, 0.05) is 31.7 Å². The van der Waals surface area contributed by atoms with Gasteiger partial charge in [-0.3, -0.25) is 4.79 Å². The highest BCUT2D eigenvalue weighted by atomic mass is 16.2. The normalized spacial score (nSPS) is 10.4. The van der Waals surface area contributed by atoms with Crippen molar-refractivity contribution in [2.24, 2.45) is 0 Å². The summed E-state index contributed by atoms with van der Waals surface area (Å²) >= 11 is 0. The molecule has 2 aromatic rings. The van der Waals surface area contributed by atoms with Crippen molar-refractivity contribution < 1.29 is 9.59 Å². The van der Waals surface area contributed by atoms with Crippen molar-refractivity contribution in [2.75, 3.05) is 7.05 Å². The molecular formula is C20H25N3O2. The summed E-state index contributed by atoms with van der Waals surface area (Å²) in [5.74, 6) is -0.107. The number of urea groups is 1. The Hall–Kier alpha value is -2.82. The van der Waals surface area contributed by atoms with Gasteiger partial charge in [-0.05, 0) is 37.1 Å². The van der Waals surface area contributed by atoms with Crippen molar-refractivity contribution in [3.05, 3.63) is 71.3 Å². The number of carbonyl (C=O) groups is 2. The van der Waals surface area contributed by atoms with Crippen LogP contribution in [0.4, 0.5) is 4.79 Å². The Balaban J connectivity index is 1.90. The molecule has 2 N–H and O–H groups in total. The first-order valence-corrected chi connectivity index (χ1v) is 8.38. The lowest BCUT2D eigenvalue weighted by Crippen LogP contribution is -2.36. The van der Waals surface area contributed by atoms with E-state index < -0.39 is 0 Å². The number of benzene rings is 2. The zero-order chi connectivity index (χ0) is 18.2. The summed E-state index contributed by atoms with van der Waals surface area (Å²) in [5.41, 5.74) is 2.56. The molecule has 0 heterocycles. The molecule has 0 saturated heterocycles. The van der Waals surface area contributed by atoms with Crippen LogP contribution < -0.4 is 10.6 Å². The molecule has 0 aliphatic carbocycles. The molecule has 0 unspecified atom stereocenters. The molecule has 132 valence electrons. The summed E-state index contributed by atoms with van der Waals surface area (Å²) in [6.45, 7) is 4.76. The van der Waals surface area contributed by atoms with Gasteiger partial charge in [0.1, 0.15) is 0 Å².